The molecule has 27 heavy (non-hydrogen) atoms. The van der Waals surface area contributed by atoms with Crippen molar-refractivity contribution in [3.8, 4) is 11.8 Å². The van der Waals surface area contributed by atoms with Gasteiger partial charge in [-0.2, -0.15) is 5.26 Å². The number of anilines is 2. The second-order valence-electron chi connectivity index (χ2n) is 6.43. The third-order valence-corrected chi connectivity index (χ3v) is 4.44. The van der Waals surface area contributed by atoms with Crippen LogP contribution in [0.15, 0.2) is 42.5 Å². The number of hydrogen-bond acceptors (Lipinski definition) is 4. The van der Waals surface area contributed by atoms with Gasteiger partial charge in [-0.1, -0.05) is 12.1 Å². The molecule has 138 valence electrons. The van der Waals surface area contributed by atoms with Crippen molar-refractivity contribution in [3.63, 3.8) is 0 Å². The fourth-order valence-corrected chi connectivity index (χ4v) is 3.14. The molecule has 0 atom stereocenters. The van der Waals surface area contributed by atoms with Crippen LogP contribution in [0.25, 0.3) is 0 Å². The quantitative estimate of drug-likeness (QED) is 0.885. The maximum atomic E-state index is 12.2. The molecular weight excluding hydrogens is 342 g/mol. The van der Waals surface area contributed by atoms with Crippen molar-refractivity contribution in [2.24, 2.45) is 0 Å². The first-order chi connectivity index (χ1) is 13.1. The second kappa shape index (κ2) is 8.37. The number of aryl methyl sites for hydroxylation is 1. The third-order valence-electron chi connectivity index (χ3n) is 4.44. The van der Waals surface area contributed by atoms with Crippen LogP contribution in [0.3, 0.4) is 0 Å². The van der Waals surface area contributed by atoms with Crippen LogP contribution >= 0.6 is 0 Å². The number of nitrogens with zero attached hydrogens (tertiary/aromatic N) is 2. The summed E-state index contributed by atoms with van der Waals surface area (Å²) in [4.78, 5) is 25.6. The minimum Gasteiger partial charge on any atom is -0.484 e. The summed E-state index contributed by atoms with van der Waals surface area (Å²) < 4.78 is 5.49. The van der Waals surface area contributed by atoms with E-state index in [-0.39, 0.29) is 18.4 Å². The van der Waals surface area contributed by atoms with E-state index in [0.717, 1.165) is 36.2 Å². The summed E-state index contributed by atoms with van der Waals surface area (Å²) in [5.41, 5.74) is 3.57. The molecule has 0 aliphatic carbocycles. The molecule has 0 radical (unpaired) electrons. The van der Waals surface area contributed by atoms with Crippen LogP contribution in [-0.2, 0) is 22.4 Å². The van der Waals surface area contributed by atoms with Gasteiger partial charge in [0.1, 0.15) is 5.75 Å². The van der Waals surface area contributed by atoms with Crippen LogP contribution in [-0.4, -0.2) is 25.0 Å². The van der Waals surface area contributed by atoms with Crippen LogP contribution in [0.5, 0.6) is 5.75 Å². The lowest BCUT2D eigenvalue weighted by Crippen LogP contribution is -2.33. The first-order valence-corrected chi connectivity index (χ1v) is 8.86. The van der Waals surface area contributed by atoms with E-state index in [2.05, 4.69) is 11.4 Å². The average molecular weight is 363 g/mol. The Morgan fingerprint density at radius 1 is 1.22 bits per heavy atom. The van der Waals surface area contributed by atoms with Crippen LogP contribution in [0, 0.1) is 11.3 Å². The first-order valence-electron chi connectivity index (χ1n) is 8.86. The molecule has 2 aromatic carbocycles. The molecule has 0 unspecified atom stereocenters. The summed E-state index contributed by atoms with van der Waals surface area (Å²) in [7, 11) is 0. The molecule has 6 nitrogen and oxygen atoms in total. The van der Waals surface area contributed by atoms with Gasteiger partial charge in [0.15, 0.2) is 6.61 Å². The Morgan fingerprint density at radius 3 is 2.70 bits per heavy atom. The van der Waals surface area contributed by atoms with Gasteiger partial charge in [-0.3, -0.25) is 9.59 Å². The molecule has 0 saturated carbocycles. The highest BCUT2D eigenvalue weighted by molar-refractivity contribution is 5.95. The fourth-order valence-electron chi connectivity index (χ4n) is 3.14. The number of hydrogen-bond donors (Lipinski definition) is 1. The molecule has 1 aliphatic rings. The normalized spacial score (nSPS) is 12.7. The smallest absolute Gasteiger partial charge is 0.262 e. The SMILES string of the molecule is CC(=O)N1CCCc2cc(NC(=O)COc3ccc(CC#N)cc3)ccc21. The minimum atomic E-state index is -0.254. The van der Waals surface area contributed by atoms with Gasteiger partial charge < -0.3 is 15.0 Å². The highest BCUT2D eigenvalue weighted by Crippen LogP contribution is 2.29. The van der Waals surface area contributed by atoms with Crippen LogP contribution in [0.4, 0.5) is 11.4 Å². The summed E-state index contributed by atoms with van der Waals surface area (Å²) in [5.74, 6) is 0.353. The molecule has 0 aromatic heterocycles. The molecule has 0 saturated heterocycles. The van der Waals surface area contributed by atoms with Gasteiger partial charge in [-0.25, -0.2) is 0 Å². The Hall–Kier alpha value is -3.33. The van der Waals surface area contributed by atoms with E-state index >= 15 is 0 Å². The van der Waals surface area contributed by atoms with Gasteiger partial charge in [0.2, 0.25) is 5.91 Å². The topological polar surface area (TPSA) is 82.4 Å². The second-order valence-corrected chi connectivity index (χ2v) is 6.43. The Kier molecular flexibility index (Phi) is 5.72. The molecular formula is C21H21N3O3. The predicted molar refractivity (Wildman–Crippen MR) is 103 cm³/mol. The Balaban J connectivity index is 1.58. The number of rotatable bonds is 5. The Morgan fingerprint density at radius 2 is 2.00 bits per heavy atom. The lowest BCUT2D eigenvalue weighted by atomic mass is 10.0. The van der Waals surface area contributed by atoms with Crippen molar-refractivity contribution in [3.05, 3.63) is 53.6 Å². The average Bonchev–Trinajstić information content (AvgIpc) is 2.67. The van der Waals surface area contributed by atoms with E-state index in [9.17, 15) is 9.59 Å². The van der Waals surface area contributed by atoms with Crippen LogP contribution in [0.2, 0.25) is 0 Å². The predicted octanol–water partition coefficient (Wildman–Crippen LogP) is 3.07. The van der Waals surface area contributed by atoms with Crippen molar-refractivity contribution >= 4 is 23.2 Å². The highest BCUT2D eigenvalue weighted by Gasteiger charge is 2.20. The number of carbonyl (C=O) groups excluding carboxylic acids is 2. The van der Waals surface area contributed by atoms with E-state index in [4.69, 9.17) is 10.00 Å². The molecule has 1 heterocycles. The first kappa shape index (κ1) is 18.5. The number of fused-ring (bicyclic) bond motifs is 1. The fraction of sp³-hybridized carbons (Fsp3) is 0.286. The molecule has 1 N–H and O–H groups in total. The van der Waals surface area contributed by atoms with Crippen molar-refractivity contribution in [1.82, 2.24) is 0 Å². The van der Waals surface area contributed by atoms with Gasteiger partial charge in [-0.15, -0.1) is 0 Å². The molecule has 0 fully saturated rings. The zero-order valence-corrected chi connectivity index (χ0v) is 15.2. The summed E-state index contributed by atoms with van der Waals surface area (Å²) in [5, 5.41) is 11.5. The van der Waals surface area contributed by atoms with Gasteiger partial charge in [0.25, 0.3) is 5.91 Å². The standard InChI is InChI=1S/C21H21N3O3/c1-15(25)24-12-2-3-17-13-18(6-9-20(17)24)23-21(26)14-27-19-7-4-16(5-8-19)10-11-22/h4-9,13H,2-3,10,12,14H2,1H3,(H,23,26). The highest BCUT2D eigenvalue weighted by atomic mass is 16.5. The van der Waals surface area contributed by atoms with Gasteiger partial charge in [0.05, 0.1) is 12.5 Å². The van der Waals surface area contributed by atoms with Gasteiger partial charge in [0, 0.05) is 24.8 Å². The monoisotopic (exact) mass is 363 g/mol. The molecule has 0 spiro atoms. The molecule has 1 aliphatic heterocycles. The van der Waals surface area contributed by atoms with Crippen LogP contribution in [0.1, 0.15) is 24.5 Å². The molecule has 2 amide bonds. The number of carbonyl (C=O) groups is 2. The number of amides is 2. The number of nitrogens with one attached hydrogen (secondary N) is 1. The van der Waals surface area contributed by atoms with Crippen LogP contribution < -0.4 is 15.0 Å². The zero-order valence-electron chi connectivity index (χ0n) is 15.2. The lowest BCUT2D eigenvalue weighted by Gasteiger charge is -2.29. The zero-order chi connectivity index (χ0) is 19.2. The van der Waals surface area contributed by atoms with Crippen molar-refractivity contribution in [1.29, 1.82) is 5.26 Å². The van der Waals surface area contributed by atoms with Crippen molar-refractivity contribution in [2.75, 3.05) is 23.4 Å². The molecule has 3 rings (SSSR count). The molecule has 6 heteroatoms. The summed E-state index contributed by atoms with van der Waals surface area (Å²) >= 11 is 0. The van der Waals surface area contributed by atoms with Gasteiger partial charge >= 0.3 is 0 Å². The van der Waals surface area contributed by atoms with E-state index in [1.165, 1.54) is 0 Å². The van der Waals surface area contributed by atoms with E-state index < -0.39 is 0 Å². The maximum Gasteiger partial charge on any atom is 0.262 e. The Bertz CT molecular complexity index is 885. The van der Waals surface area contributed by atoms with E-state index in [0.29, 0.717) is 17.9 Å². The minimum absolute atomic E-state index is 0.0296. The molecule has 2 aromatic rings. The summed E-state index contributed by atoms with van der Waals surface area (Å²) in [6.45, 7) is 2.19. The lowest BCUT2D eigenvalue weighted by molar-refractivity contribution is -0.118. The van der Waals surface area contributed by atoms with Crippen molar-refractivity contribution < 1.29 is 14.3 Å². The van der Waals surface area contributed by atoms with Gasteiger partial charge in [-0.05, 0) is 54.3 Å². The summed E-state index contributed by atoms with van der Waals surface area (Å²) in [6.07, 6.45) is 2.14. The third kappa shape index (κ3) is 4.64. The maximum absolute atomic E-state index is 12.2. The number of nitriles is 1. The molecule has 0 bridgehead atoms. The van der Waals surface area contributed by atoms with E-state index in [1.54, 1.807) is 42.2 Å². The van der Waals surface area contributed by atoms with Crippen molar-refractivity contribution in [2.45, 2.75) is 26.2 Å². The Labute approximate surface area is 158 Å². The summed E-state index contributed by atoms with van der Waals surface area (Å²) in [6, 6.07) is 14.8. The van der Waals surface area contributed by atoms with E-state index in [1.807, 2.05) is 12.1 Å². The largest absolute Gasteiger partial charge is 0.484 e. The number of ether oxygens (including phenoxy) is 1. The number of benzene rings is 2.